The van der Waals surface area contributed by atoms with Crippen LogP contribution in [0.15, 0.2) is 77.3 Å². The first-order chi connectivity index (χ1) is 14.5. The summed E-state index contributed by atoms with van der Waals surface area (Å²) in [6, 6.07) is 19.6. The lowest BCUT2D eigenvalue weighted by Gasteiger charge is -2.04. The second-order valence-electron chi connectivity index (χ2n) is 6.49. The van der Waals surface area contributed by atoms with E-state index in [4.69, 9.17) is 32.4 Å². The van der Waals surface area contributed by atoms with Gasteiger partial charge in [0.2, 0.25) is 0 Å². The maximum atomic E-state index is 12.4. The second-order valence-corrected chi connectivity index (χ2v) is 7.36. The quantitative estimate of drug-likeness (QED) is 0.401. The highest BCUT2D eigenvalue weighted by molar-refractivity contribution is 6.30. The number of carbonyl (C=O) groups excluding carboxylic acids is 1. The zero-order valence-electron chi connectivity index (χ0n) is 15.7. The molecule has 2 aromatic heterocycles. The molecule has 0 saturated heterocycles. The molecule has 1 N–H and O–H groups in total. The molecule has 1 amide bonds. The summed E-state index contributed by atoms with van der Waals surface area (Å²) in [5.74, 6) is 1.36. The molecule has 2 heterocycles. The number of benzene rings is 2. The Morgan fingerprint density at radius 1 is 1.03 bits per heavy atom. The van der Waals surface area contributed by atoms with Crippen LogP contribution < -0.4 is 10.1 Å². The van der Waals surface area contributed by atoms with Crippen LogP contribution in [0.4, 0.5) is 5.82 Å². The van der Waals surface area contributed by atoms with E-state index in [1.54, 1.807) is 53.3 Å². The molecule has 0 unspecified atom stereocenters. The van der Waals surface area contributed by atoms with Crippen LogP contribution in [0, 0.1) is 0 Å². The van der Waals surface area contributed by atoms with E-state index >= 15 is 0 Å². The summed E-state index contributed by atoms with van der Waals surface area (Å²) in [4.78, 5) is 12.4. The van der Waals surface area contributed by atoms with Crippen LogP contribution in [-0.4, -0.2) is 15.7 Å². The van der Waals surface area contributed by atoms with Crippen LogP contribution in [0.2, 0.25) is 10.0 Å². The van der Waals surface area contributed by atoms with Gasteiger partial charge in [0.15, 0.2) is 11.6 Å². The summed E-state index contributed by atoms with van der Waals surface area (Å²) in [7, 11) is 0. The lowest BCUT2D eigenvalue weighted by atomic mass is 10.2. The number of anilines is 1. The maximum Gasteiger partial charge on any atom is 0.292 e. The standard InChI is InChI=1S/C22H17Cl2N3O3/c23-16-6-4-15(5-7-16)13-27-11-10-21(26-27)25-22(28)20-9-8-19(30-20)14-29-18-3-1-2-17(24)12-18/h1-12H,13-14H2,(H,25,26,28). The van der Waals surface area contributed by atoms with Crippen LogP contribution >= 0.6 is 23.2 Å². The summed E-state index contributed by atoms with van der Waals surface area (Å²) in [5.41, 5.74) is 1.05. The van der Waals surface area contributed by atoms with Crippen LogP contribution in [0.1, 0.15) is 21.9 Å². The number of ether oxygens (including phenoxy) is 1. The SMILES string of the molecule is O=C(Nc1ccn(Cc2ccc(Cl)cc2)n1)c1ccc(COc2cccc(Cl)c2)o1. The van der Waals surface area contributed by atoms with Gasteiger partial charge in [-0.2, -0.15) is 5.10 Å². The number of hydrogen-bond acceptors (Lipinski definition) is 4. The van der Waals surface area contributed by atoms with Crippen molar-refractivity contribution in [3.05, 3.63) is 100 Å². The van der Waals surface area contributed by atoms with Crippen LogP contribution in [0.25, 0.3) is 0 Å². The first-order valence-electron chi connectivity index (χ1n) is 9.11. The van der Waals surface area contributed by atoms with Crippen molar-refractivity contribution in [2.24, 2.45) is 0 Å². The second kappa shape index (κ2) is 9.07. The van der Waals surface area contributed by atoms with Gasteiger partial charge in [-0.15, -0.1) is 0 Å². The summed E-state index contributed by atoms with van der Waals surface area (Å²) in [5, 5.41) is 8.35. The Kier molecular flexibility index (Phi) is 6.07. The number of halogens is 2. The third-order valence-electron chi connectivity index (χ3n) is 4.20. The van der Waals surface area contributed by atoms with Crippen LogP contribution in [0.5, 0.6) is 5.75 Å². The van der Waals surface area contributed by atoms with Crippen molar-refractivity contribution in [1.82, 2.24) is 9.78 Å². The summed E-state index contributed by atoms with van der Waals surface area (Å²) in [6.45, 7) is 0.752. The summed E-state index contributed by atoms with van der Waals surface area (Å²) >= 11 is 11.8. The number of nitrogens with zero attached hydrogens (tertiary/aromatic N) is 2. The Labute approximate surface area is 183 Å². The third kappa shape index (κ3) is 5.23. The molecule has 0 aliphatic heterocycles. The Hall–Kier alpha value is -3.22. The predicted octanol–water partition coefficient (Wildman–Crippen LogP) is 5.66. The zero-order chi connectivity index (χ0) is 20.9. The van der Waals surface area contributed by atoms with Gasteiger partial charge < -0.3 is 14.5 Å². The number of aromatic nitrogens is 2. The minimum Gasteiger partial charge on any atom is -0.486 e. The molecule has 6 nitrogen and oxygen atoms in total. The van der Waals surface area contributed by atoms with Crippen molar-refractivity contribution in [2.45, 2.75) is 13.2 Å². The topological polar surface area (TPSA) is 69.3 Å². The Morgan fingerprint density at radius 2 is 1.87 bits per heavy atom. The molecule has 8 heteroatoms. The lowest BCUT2D eigenvalue weighted by Crippen LogP contribution is -2.12. The van der Waals surface area contributed by atoms with Crippen molar-refractivity contribution in [3.8, 4) is 5.75 Å². The average molecular weight is 442 g/mol. The Balaban J connectivity index is 1.33. The van der Waals surface area contributed by atoms with Crippen molar-refractivity contribution < 1.29 is 13.9 Å². The fourth-order valence-corrected chi connectivity index (χ4v) is 3.07. The van der Waals surface area contributed by atoms with Gasteiger partial charge >= 0.3 is 0 Å². The van der Waals surface area contributed by atoms with E-state index in [-0.39, 0.29) is 18.3 Å². The predicted molar refractivity (Wildman–Crippen MR) is 115 cm³/mol. The molecule has 0 aliphatic rings. The van der Waals surface area contributed by atoms with Gasteiger partial charge in [0, 0.05) is 22.3 Å². The first kappa shape index (κ1) is 20.1. The number of nitrogens with one attached hydrogen (secondary N) is 1. The van der Waals surface area contributed by atoms with E-state index in [1.165, 1.54) is 0 Å². The molecule has 0 fully saturated rings. The normalized spacial score (nSPS) is 10.7. The minimum atomic E-state index is -0.388. The molecule has 4 aromatic rings. The fourth-order valence-electron chi connectivity index (χ4n) is 2.76. The van der Waals surface area contributed by atoms with Crippen molar-refractivity contribution in [3.63, 3.8) is 0 Å². The smallest absolute Gasteiger partial charge is 0.292 e. The van der Waals surface area contributed by atoms with E-state index in [2.05, 4.69) is 10.4 Å². The van der Waals surface area contributed by atoms with E-state index < -0.39 is 0 Å². The molecule has 2 aromatic carbocycles. The van der Waals surface area contributed by atoms with Crippen molar-refractivity contribution in [2.75, 3.05) is 5.32 Å². The fraction of sp³-hybridized carbons (Fsp3) is 0.0909. The van der Waals surface area contributed by atoms with E-state index in [0.29, 0.717) is 33.9 Å². The van der Waals surface area contributed by atoms with Gasteiger partial charge in [-0.1, -0.05) is 41.4 Å². The Bertz CT molecular complexity index is 1150. The summed E-state index contributed by atoms with van der Waals surface area (Å²) in [6.07, 6.45) is 1.79. The highest BCUT2D eigenvalue weighted by Crippen LogP contribution is 2.19. The summed E-state index contributed by atoms with van der Waals surface area (Å²) < 4.78 is 12.9. The van der Waals surface area contributed by atoms with Gasteiger partial charge in [0.05, 0.1) is 6.54 Å². The van der Waals surface area contributed by atoms with Gasteiger partial charge in [0.1, 0.15) is 18.1 Å². The number of amides is 1. The molecule has 0 bridgehead atoms. The number of furan rings is 1. The van der Waals surface area contributed by atoms with Gasteiger partial charge in [-0.25, -0.2) is 0 Å². The molecule has 0 aliphatic carbocycles. The highest BCUT2D eigenvalue weighted by Gasteiger charge is 2.13. The monoisotopic (exact) mass is 441 g/mol. The molecular formula is C22H17Cl2N3O3. The molecule has 0 saturated carbocycles. The van der Waals surface area contributed by atoms with Crippen molar-refractivity contribution >= 4 is 34.9 Å². The molecule has 4 rings (SSSR count). The van der Waals surface area contributed by atoms with Crippen molar-refractivity contribution in [1.29, 1.82) is 0 Å². The molecule has 30 heavy (non-hydrogen) atoms. The lowest BCUT2D eigenvalue weighted by molar-refractivity contribution is 0.0992. The molecule has 0 atom stereocenters. The number of rotatable bonds is 7. The third-order valence-corrected chi connectivity index (χ3v) is 4.69. The zero-order valence-corrected chi connectivity index (χ0v) is 17.2. The molecule has 152 valence electrons. The van der Waals surface area contributed by atoms with Gasteiger partial charge in [-0.05, 0) is 48.0 Å². The first-order valence-corrected chi connectivity index (χ1v) is 9.87. The number of hydrogen-bond donors (Lipinski definition) is 1. The van der Waals surface area contributed by atoms with E-state index in [1.807, 2.05) is 24.3 Å². The van der Waals surface area contributed by atoms with E-state index in [0.717, 1.165) is 5.56 Å². The molecule has 0 spiro atoms. The molecule has 0 radical (unpaired) electrons. The van der Waals surface area contributed by atoms with E-state index in [9.17, 15) is 4.79 Å². The highest BCUT2D eigenvalue weighted by atomic mass is 35.5. The number of carbonyl (C=O) groups is 1. The van der Waals surface area contributed by atoms with Gasteiger partial charge in [-0.3, -0.25) is 9.48 Å². The van der Waals surface area contributed by atoms with Gasteiger partial charge in [0.25, 0.3) is 5.91 Å². The molecular weight excluding hydrogens is 425 g/mol. The van der Waals surface area contributed by atoms with Crippen LogP contribution in [0.3, 0.4) is 0 Å². The van der Waals surface area contributed by atoms with Crippen LogP contribution in [-0.2, 0) is 13.2 Å². The largest absolute Gasteiger partial charge is 0.486 e. The Morgan fingerprint density at radius 3 is 2.67 bits per heavy atom. The minimum absolute atomic E-state index is 0.173. The maximum absolute atomic E-state index is 12.4. The average Bonchev–Trinajstić information content (AvgIpc) is 3.38.